The van der Waals surface area contributed by atoms with E-state index in [2.05, 4.69) is 22.3 Å². The van der Waals surface area contributed by atoms with Crippen molar-refractivity contribution in [2.24, 2.45) is 7.05 Å². The Kier molecular flexibility index (Phi) is 3.96. The summed E-state index contributed by atoms with van der Waals surface area (Å²) in [5.74, 6) is 0.668. The Morgan fingerprint density at radius 1 is 1.36 bits per heavy atom. The van der Waals surface area contributed by atoms with Crippen LogP contribution in [0.15, 0.2) is 12.3 Å². The molecule has 0 saturated heterocycles. The topological polar surface area (TPSA) is 59.8 Å². The van der Waals surface area contributed by atoms with Crippen LogP contribution in [0.2, 0.25) is 0 Å². The molecule has 22 heavy (non-hydrogen) atoms. The molecule has 0 saturated carbocycles. The van der Waals surface area contributed by atoms with E-state index < -0.39 is 0 Å². The second-order valence-corrected chi connectivity index (χ2v) is 5.88. The number of amides is 1. The summed E-state index contributed by atoms with van der Waals surface area (Å²) < 4.78 is 1.73. The maximum atomic E-state index is 12.5. The molecule has 116 valence electrons. The van der Waals surface area contributed by atoms with E-state index in [-0.39, 0.29) is 5.91 Å². The van der Waals surface area contributed by atoms with Crippen molar-refractivity contribution in [3.8, 4) is 0 Å². The van der Waals surface area contributed by atoms with Crippen molar-refractivity contribution in [1.29, 1.82) is 0 Å². The highest BCUT2D eigenvalue weighted by Crippen LogP contribution is 2.22. The lowest BCUT2D eigenvalue weighted by Crippen LogP contribution is -2.17. The number of carbonyl (C=O) groups is 1. The van der Waals surface area contributed by atoms with Crippen LogP contribution < -0.4 is 5.32 Å². The number of pyridine rings is 1. The van der Waals surface area contributed by atoms with Gasteiger partial charge in [-0.2, -0.15) is 5.10 Å². The van der Waals surface area contributed by atoms with Gasteiger partial charge in [-0.1, -0.05) is 6.92 Å². The minimum Gasteiger partial charge on any atom is -0.306 e. The molecule has 1 aliphatic rings. The standard InChI is InChI=1S/C17H22N4O/c1-4-14-11(2)20-21(3)16(14)19-17(22)13-9-12-7-5-6-8-15(12)18-10-13/h9-10H,4-8H2,1-3H3,(H,19,22). The summed E-state index contributed by atoms with van der Waals surface area (Å²) in [7, 11) is 1.85. The van der Waals surface area contributed by atoms with Crippen molar-refractivity contribution < 1.29 is 4.79 Å². The lowest BCUT2D eigenvalue weighted by Gasteiger charge is -2.15. The number of aryl methyl sites for hydroxylation is 4. The second-order valence-electron chi connectivity index (χ2n) is 5.88. The van der Waals surface area contributed by atoms with Crippen LogP contribution in [-0.4, -0.2) is 20.7 Å². The van der Waals surface area contributed by atoms with Gasteiger partial charge in [0.25, 0.3) is 5.91 Å². The van der Waals surface area contributed by atoms with E-state index in [1.807, 2.05) is 20.0 Å². The molecule has 2 heterocycles. The van der Waals surface area contributed by atoms with Crippen LogP contribution >= 0.6 is 0 Å². The van der Waals surface area contributed by atoms with Crippen LogP contribution in [-0.2, 0) is 26.3 Å². The van der Waals surface area contributed by atoms with Crippen molar-refractivity contribution in [2.45, 2.75) is 46.0 Å². The summed E-state index contributed by atoms with van der Waals surface area (Å²) in [6.45, 7) is 4.04. The third-order valence-electron chi connectivity index (χ3n) is 4.36. The summed E-state index contributed by atoms with van der Waals surface area (Å²) in [5.41, 5.74) is 5.04. The maximum absolute atomic E-state index is 12.5. The van der Waals surface area contributed by atoms with Crippen LogP contribution in [0.5, 0.6) is 0 Å². The number of aromatic nitrogens is 3. The molecule has 1 N–H and O–H groups in total. The summed E-state index contributed by atoms with van der Waals surface area (Å²) in [4.78, 5) is 17.0. The SMILES string of the molecule is CCc1c(C)nn(C)c1NC(=O)c1cnc2c(c1)CCCC2. The third kappa shape index (κ3) is 2.63. The minimum absolute atomic E-state index is 0.112. The van der Waals surface area contributed by atoms with E-state index in [0.717, 1.165) is 42.0 Å². The predicted octanol–water partition coefficient (Wildman–Crippen LogP) is 2.82. The van der Waals surface area contributed by atoms with Gasteiger partial charge in [-0.05, 0) is 50.7 Å². The molecule has 0 fully saturated rings. The Balaban J connectivity index is 1.86. The average Bonchev–Trinajstić information content (AvgIpc) is 2.80. The number of fused-ring (bicyclic) bond motifs is 1. The smallest absolute Gasteiger partial charge is 0.258 e. The molecular weight excluding hydrogens is 276 g/mol. The van der Waals surface area contributed by atoms with Crippen molar-refractivity contribution >= 4 is 11.7 Å². The largest absolute Gasteiger partial charge is 0.306 e. The van der Waals surface area contributed by atoms with E-state index in [0.29, 0.717) is 5.56 Å². The molecule has 0 atom stereocenters. The molecule has 0 spiro atoms. The fourth-order valence-electron chi connectivity index (χ4n) is 3.17. The van der Waals surface area contributed by atoms with E-state index >= 15 is 0 Å². The Morgan fingerprint density at radius 2 is 2.14 bits per heavy atom. The molecular formula is C17H22N4O. The van der Waals surface area contributed by atoms with Gasteiger partial charge in [0.1, 0.15) is 5.82 Å². The first kappa shape index (κ1) is 14.8. The Labute approximate surface area is 130 Å². The zero-order valence-corrected chi connectivity index (χ0v) is 13.4. The number of carbonyl (C=O) groups excluding carboxylic acids is 1. The number of hydrogen-bond donors (Lipinski definition) is 1. The molecule has 0 bridgehead atoms. The quantitative estimate of drug-likeness (QED) is 0.948. The molecule has 0 unspecified atom stereocenters. The van der Waals surface area contributed by atoms with Gasteiger partial charge >= 0.3 is 0 Å². The molecule has 1 amide bonds. The highest BCUT2D eigenvalue weighted by Gasteiger charge is 2.17. The van der Waals surface area contributed by atoms with Crippen LogP contribution in [0.4, 0.5) is 5.82 Å². The normalized spacial score (nSPS) is 13.8. The molecule has 3 rings (SSSR count). The van der Waals surface area contributed by atoms with E-state index in [1.165, 1.54) is 18.4 Å². The van der Waals surface area contributed by atoms with Gasteiger partial charge in [0.15, 0.2) is 0 Å². The fraction of sp³-hybridized carbons (Fsp3) is 0.471. The van der Waals surface area contributed by atoms with Crippen LogP contribution in [0.1, 0.15) is 52.6 Å². The molecule has 5 heteroatoms. The predicted molar refractivity (Wildman–Crippen MR) is 86.2 cm³/mol. The lowest BCUT2D eigenvalue weighted by molar-refractivity contribution is 0.102. The highest BCUT2D eigenvalue weighted by molar-refractivity contribution is 6.04. The van der Waals surface area contributed by atoms with Crippen molar-refractivity contribution in [3.63, 3.8) is 0 Å². The fourth-order valence-corrected chi connectivity index (χ4v) is 3.17. The summed E-state index contributed by atoms with van der Waals surface area (Å²) in [5, 5.41) is 7.38. The van der Waals surface area contributed by atoms with Gasteiger partial charge < -0.3 is 5.32 Å². The van der Waals surface area contributed by atoms with Crippen LogP contribution in [0, 0.1) is 6.92 Å². The lowest BCUT2D eigenvalue weighted by atomic mass is 9.95. The van der Waals surface area contributed by atoms with Crippen LogP contribution in [0.25, 0.3) is 0 Å². The summed E-state index contributed by atoms with van der Waals surface area (Å²) in [6, 6.07) is 1.99. The number of nitrogens with zero attached hydrogens (tertiary/aromatic N) is 3. The molecule has 0 aliphatic heterocycles. The second kappa shape index (κ2) is 5.91. The van der Waals surface area contributed by atoms with Gasteiger partial charge in [0.2, 0.25) is 0 Å². The first-order valence-electron chi connectivity index (χ1n) is 7.91. The Morgan fingerprint density at radius 3 is 2.91 bits per heavy atom. The minimum atomic E-state index is -0.112. The maximum Gasteiger partial charge on any atom is 0.258 e. The Bertz CT molecular complexity index is 718. The van der Waals surface area contributed by atoms with Crippen LogP contribution in [0.3, 0.4) is 0 Å². The van der Waals surface area contributed by atoms with Gasteiger partial charge in [0.05, 0.1) is 11.3 Å². The third-order valence-corrected chi connectivity index (χ3v) is 4.36. The van der Waals surface area contributed by atoms with E-state index in [4.69, 9.17) is 0 Å². The number of nitrogens with one attached hydrogen (secondary N) is 1. The summed E-state index contributed by atoms with van der Waals surface area (Å²) >= 11 is 0. The molecule has 2 aromatic rings. The van der Waals surface area contributed by atoms with Gasteiger partial charge in [-0.25, -0.2) is 0 Å². The zero-order valence-electron chi connectivity index (χ0n) is 13.4. The first-order chi connectivity index (χ1) is 10.6. The van der Waals surface area contributed by atoms with Gasteiger partial charge in [0, 0.05) is 24.5 Å². The zero-order chi connectivity index (χ0) is 15.7. The van der Waals surface area contributed by atoms with E-state index in [9.17, 15) is 4.79 Å². The van der Waals surface area contributed by atoms with Gasteiger partial charge in [-0.15, -0.1) is 0 Å². The Hall–Kier alpha value is -2.17. The molecule has 1 aliphatic carbocycles. The molecule has 0 radical (unpaired) electrons. The van der Waals surface area contributed by atoms with Crippen molar-refractivity contribution in [1.82, 2.24) is 14.8 Å². The monoisotopic (exact) mass is 298 g/mol. The summed E-state index contributed by atoms with van der Waals surface area (Å²) in [6.07, 6.45) is 6.96. The highest BCUT2D eigenvalue weighted by atomic mass is 16.1. The molecule has 2 aromatic heterocycles. The molecule has 0 aromatic carbocycles. The molecule has 5 nitrogen and oxygen atoms in total. The number of rotatable bonds is 3. The van der Waals surface area contributed by atoms with Crippen molar-refractivity contribution in [2.75, 3.05) is 5.32 Å². The average molecular weight is 298 g/mol. The number of anilines is 1. The first-order valence-corrected chi connectivity index (χ1v) is 7.91. The van der Waals surface area contributed by atoms with Gasteiger partial charge in [-0.3, -0.25) is 14.5 Å². The number of hydrogen-bond acceptors (Lipinski definition) is 3. The van der Waals surface area contributed by atoms with E-state index in [1.54, 1.807) is 10.9 Å². The van der Waals surface area contributed by atoms with Crippen molar-refractivity contribution in [3.05, 3.63) is 40.3 Å².